The maximum atomic E-state index is 11.9. The number of nitrogen functional groups attached to an aromatic ring is 1. The zero-order valence-corrected chi connectivity index (χ0v) is 10.4. The Morgan fingerprint density at radius 3 is 3.06 bits per heavy atom. The van der Waals surface area contributed by atoms with E-state index in [0.29, 0.717) is 24.1 Å². The molecular formula is C11H16ClN3O2. The molecule has 0 aliphatic rings. The Morgan fingerprint density at radius 2 is 2.41 bits per heavy atom. The van der Waals surface area contributed by atoms with E-state index in [9.17, 15) is 4.79 Å². The van der Waals surface area contributed by atoms with Gasteiger partial charge in [-0.15, -0.1) is 0 Å². The molecule has 1 rings (SSSR count). The molecule has 0 spiro atoms. The maximum Gasteiger partial charge on any atom is 0.253 e. The average molecular weight is 258 g/mol. The van der Waals surface area contributed by atoms with Crippen LogP contribution in [-0.4, -0.2) is 28.6 Å². The van der Waals surface area contributed by atoms with E-state index in [4.69, 9.17) is 22.4 Å². The SMILES string of the molecule is CC(CCCO)NC(=O)c1cc(Cl)ncc1N. The summed E-state index contributed by atoms with van der Waals surface area (Å²) in [5, 5.41) is 11.7. The number of nitrogens with zero attached hydrogens (tertiary/aromatic N) is 1. The van der Waals surface area contributed by atoms with Gasteiger partial charge in [0, 0.05) is 12.6 Å². The first-order valence-electron chi connectivity index (χ1n) is 5.37. The second-order valence-electron chi connectivity index (χ2n) is 3.83. The van der Waals surface area contributed by atoms with Crippen molar-refractivity contribution in [2.24, 2.45) is 0 Å². The average Bonchev–Trinajstić information content (AvgIpc) is 2.29. The highest BCUT2D eigenvalue weighted by Gasteiger charge is 2.13. The summed E-state index contributed by atoms with van der Waals surface area (Å²) in [5.74, 6) is -0.280. The molecule has 0 bridgehead atoms. The lowest BCUT2D eigenvalue weighted by molar-refractivity contribution is 0.0937. The highest BCUT2D eigenvalue weighted by atomic mass is 35.5. The minimum Gasteiger partial charge on any atom is -0.397 e. The van der Waals surface area contributed by atoms with Crippen molar-refractivity contribution in [1.29, 1.82) is 0 Å². The summed E-state index contributed by atoms with van der Waals surface area (Å²) in [7, 11) is 0. The van der Waals surface area contributed by atoms with Crippen LogP contribution < -0.4 is 11.1 Å². The van der Waals surface area contributed by atoms with Gasteiger partial charge >= 0.3 is 0 Å². The van der Waals surface area contributed by atoms with Gasteiger partial charge in [0.15, 0.2) is 0 Å². The van der Waals surface area contributed by atoms with Crippen molar-refractivity contribution in [3.63, 3.8) is 0 Å². The van der Waals surface area contributed by atoms with Crippen LogP contribution in [0.25, 0.3) is 0 Å². The standard InChI is InChI=1S/C11H16ClN3O2/c1-7(3-2-4-16)15-11(17)8-5-10(12)14-6-9(8)13/h5-7,16H,2-4,13H2,1H3,(H,15,17). The van der Waals surface area contributed by atoms with E-state index >= 15 is 0 Å². The molecule has 1 unspecified atom stereocenters. The van der Waals surface area contributed by atoms with E-state index in [2.05, 4.69) is 10.3 Å². The minimum absolute atomic E-state index is 0.0269. The molecule has 1 aromatic heterocycles. The number of amides is 1. The number of pyridine rings is 1. The number of hydrogen-bond acceptors (Lipinski definition) is 4. The Balaban J connectivity index is 2.66. The predicted molar refractivity (Wildman–Crippen MR) is 66.9 cm³/mol. The van der Waals surface area contributed by atoms with Crippen molar-refractivity contribution in [2.75, 3.05) is 12.3 Å². The Morgan fingerprint density at radius 1 is 1.71 bits per heavy atom. The molecule has 1 atom stereocenters. The summed E-state index contributed by atoms with van der Waals surface area (Å²) >= 11 is 5.70. The monoisotopic (exact) mass is 257 g/mol. The largest absolute Gasteiger partial charge is 0.397 e. The van der Waals surface area contributed by atoms with Crippen molar-refractivity contribution in [3.05, 3.63) is 23.0 Å². The van der Waals surface area contributed by atoms with Gasteiger partial charge in [0.2, 0.25) is 0 Å². The summed E-state index contributed by atoms with van der Waals surface area (Å²) in [6.45, 7) is 1.98. The third-order valence-corrected chi connectivity index (χ3v) is 2.53. The topological polar surface area (TPSA) is 88.2 Å². The van der Waals surface area contributed by atoms with Gasteiger partial charge in [-0.25, -0.2) is 4.98 Å². The van der Waals surface area contributed by atoms with Gasteiger partial charge in [-0.3, -0.25) is 4.79 Å². The molecule has 0 aromatic carbocycles. The molecule has 1 amide bonds. The second kappa shape index (κ2) is 6.42. The molecule has 0 aliphatic carbocycles. The molecular weight excluding hydrogens is 242 g/mol. The number of hydrogen-bond donors (Lipinski definition) is 3. The molecule has 17 heavy (non-hydrogen) atoms. The minimum atomic E-state index is -0.280. The van der Waals surface area contributed by atoms with E-state index in [-0.39, 0.29) is 23.7 Å². The molecule has 0 fully saturated rings. The lowest BCUT2D eigenvalue weighted by Crippen LogP contribution is -2.33. The molecule has 94 valence electrons. The zero-order chi connectivity index (χ0) is 12.8. The van der Waals surface area contributed by atoms with Gasteiger partial charge in [-0.2, -0.15) is 0 Å². The number of aliphatic hydroxyl groups is 1. The van der Waals surface area contributed by atoms with Crippen LogP contribution in [-0.2, 0) is 0 Å². The first-order valence-corrected chi connectivity index (χ1v) is 5.75. The van der Waals surface area contributed by atoms with Crippen LogP contribution in [0.2, 0.25) is 5.15 Å². The maximum absolute atomic E-state index is 11.9. The number of carbonyl (C=O) groups excluding carboxylic acids is 1. The number of aliphatic hydroxyl groups excluding tert-OH is 1. The van der Waals surface area contributed by atoms with Crippen molar-refractivity contribution < 1.29 is 9.90 Å². The summed E-state index contributed by atoms with van der Waals surface area (Å²) in [4.78, 5) is 15.6. The summed E-state index contributed by atoms with van der Waals surface area (Å²) < 4.78 is 0. The van der Waals surface area contributed by atoms with Gasteiger partial charge < -0.3 is 16.2 Å². The lowest BCUT2D eigenvalue weighted by Gasteiger charge is -2.14. The number of anilines is 1. The fraction of sp³-hybridized carbons (Fsp3) is 0.455. The van der Waals surface area contributed by atoms with Crippen LogP contribution in [0.3, 0.4) is 0 Å². The van der Waals surface area contributed by atoms with Crippen LogP contribution >= 0.6 is 11.6 Å². The Hall–Kier alpha value is -1.33. The Labute approximate surface area is 105 Å². The van der Waals surface area contributed by atoms with Crippen molar-refractivity contribution in [1.82, 2.24) is 10.3 Å². The number of rotatable bonds is 5. The van der Waals surface area contributed by atoms with Gasteiger partial charge in [0.25, 0.3) is 5.91 Å². The third kappa shape index (κ3) is 4.20. The van der Waals surface area contributed by atoms with E-state index in [1.54, 1.807) is 0 Å². The molecule has 1 aromatic rings. The number of halogens is 1. The fourth-order valence-corrected chi connectivity index (χ4v) is 1.57. The zero-order valence-electron chi connectivity index (χ0n) is 9.61. The fourth-order valence-electron chi connectivity index (χ4n) is 1.41. The number of aromatic nitrogens is 1. The molecule has 6 heteroatoms. The van der Waals surface area contributed by atoms with Gasteiger partial charge in [0.05, 0.1) is 17.4 Å². The molecule has 1 heterocycles. The van der Waals surface area contributed by atoms with Crippen LogP contribution in [0.1, 0.15) is 30.1 Å². The van der Waals surface area contributed by atoms with Crippen LogP contribution in [0.4, 0.5) is 5.69 Å². The quantitative estimate of drug-likeness (QED) is 0.692. The van der Waals surface area contributed by atoms with E-state index in [0.717, 1.165) is 0 Å². The molecule has 0 aliphatic heterocycles. The predicted octanol–water partition coefficient (Wildman–Crippen LogP) is 1.21. The van der Waals surface area contributed by atoms with E-state index < -0.39 is 0 Å². The second-order valence-corrected chi connectivity index (χ2v) is 4.22. The summed E-state index contributed by atoms with van der Waals surface area (Å²) in [6.07, 6.45) is 2.71. The van der Waals surface area contributed by atoms with Crippen LogP contribution in [0, 0.1) is 0 Å². The van der Waals surface area contributed by atoms with E-state index in [1.165, 1.54) is 12.3 Å². The normalized spacial score (nSPS) is 12.2. The van der Waals surface area contributed by atoms with Crippen molar-refractivity contribution in [2.45, 2.75) is 25.8 Å². The smallest absolute Gasteiger partial charge is 0.253 e. The van der Waals surface area contributed by atoms with Gasteiger partial charge in [-0.1, -0.05) is 11.6 Å². The van der Waals surface area contributed by atoms with Gasteiger partial charge in [0.1, 0.15) is 5.15 Å². The third-order valence-electron chi connectivity index (χ3n) is 2.32. The highest BCUT2D eigenvalue weighted by Crippen LogP contribution is 2.15. The van der Waals surface area contributed by atoms with Crippen molar-refractivity contribution >= 4 is 23.2 Å². The molecule has 0 radical (unpaired) electrons. The number of nitrogens with one attached hydrogen (secondary N) is 1. The molecule has 5 nitrogen and oxygen atoms in total. The Kier molecular flexibility index (Phi) is 5.18. The Bertz CT molecular complexity index is 398. The number of carbonyl (C=O) groups is 1. The molecule has 0 saturated heterocycles. The summed E-state index contributed by atoms with van der Waals surface area (Å²) in [6, 6.07) is 1.41. The van der Waals surface area contributed by atoms with Gasteiger partial charge in [-0.05, 0) is 25.8 Å². The first-order chi connectivity index (χ1) is 8.04. The van der Waals surface area contributed by atoms with E-state index in [1.807, 2.05) is 6.92 Å². The number of nitrogens with two attached hydrogens (primary N) is 1. The lowest BCUT2D eigenvalue weighted by atomic mass is 10.1. The van der Waals surface area contributed by atoms with Crippen LogP contribution in [0.5, 0.6) is 0 Å². The van der Waals surface area contributed by atoms with Crippen LogP contribution in [0.15, 0.2) is 12.3 Å². The summed E-state index contributed by atoms with van der Waals surface area (Å²) in [5.41, 5.74) is 6.26. The van der Waals surface area contributed by atoms with Crippen molar-refractivity contribution in [3.8, 4) is 0 Å². The highest BCUT2D eigenvalue weighted by molar-refractivity contribution is 6.29. The molecule has 0 saturated carbocycles. The first kappa shape index (κ1) is 13.7. The molecule has 4 N–H and O–H groups in total.